The van der Waals surface area contributed by atoms with Crippen molar-refractivity contribution in [1.82, 2.24) is 5.32 Å². The molecule has 0 spiro atoms. The zero-order valence-electron chi connectivity index (χ0n) is 11.5. The van der Waals surface area contributed by atoms with Crippen LogP contribution in [0.15, 0.2) is 54.6 Å². The molecule has 0 radical (unpaired) electrons. The van der Waals surface area contributed by atoms with Gasteiger partial charge in [-0.2, -0.15) is 0 Å². The SMILES string of the molecule is C[C@H](NC(=O)Nc1ccccc1-c1ccccc1)C(=O)O. The number of para-hydroxylation sites is 1. The van der Waals surface area contributed by atoms with Crippen molar-refractivity contribution in [3.8, 4) is 11.1 Å². The van der Waals surface area contributed by atoms with Crippen LogP contribution in [0.2, 0.25) is 0 Å². The smallest absolute Gasteiger partial charge is 0.325 e. The average Bonchev–Trinajstić information content (AvgIpc) is 2.48. The van der Waals surface area contributed by atoms with Crippen LogP contribution in [0.3, 0.4) is 0 Å². The lowest BCUT2D eigenvalue weighted by atomic mass is 10.0. The molecule has 0 aliphatic rings. The molecule has 2 aromatic carbocycles. The summed E-state index contributed by atoms with van der Waals surface area (Å²) in [5.74, 6) is -1.08. The van der Waals surface area contributed by atoms with Crippen molar-refractivity contribution in [2.45, 2.75) is 13.0 Å². The van der Waals surface area contributed by atoms with Gasteiger partial charge in [-0.3, -0.25) is 4.79 Å². The molecule has 0 aliphatic heterocycles. The first kappa shape index (κ1) is 14.6. The van der Waals surface area contributed by atoms with E-state index in [1.165, 1.54) is 6.92 Å². The minimum absolute atomic E-state index is 0.548. The highest BCUT2D eigenvalue weighted by atomic mass is 16.4. The number of anilines is 1. The molecular weight excluding hydrogens is 268 g/mol. The summed E-state index contributed by atoms with van der Waals surface area (Å²) in [6.07, 6.45) is 0. The number of rotatable bonds is 4. The predicted molar refractivity (Wildman–Crippen MR) is 81.1 cm³/mol. The van der Waals surface area contributed by atoms with E-state index in [-0.39, 0.29) is 0 Å². The maximum atomic E-state index is 11.8. The Morgan fingerprint density at radius 2 is 1.62 bits per heavy atom. The second-order valence-corrected chi connectivity index (χ2v) is 4.57. The molecular formula is C16H16N2O3. The Labute approximate surface area is 122 Å². The fourth-order valence-electron chi connectivity index (χ4n) is 1.88. The molecule has 0 heterocycles. The van der Waals surface area contributed by atoms with Crippen molar-refractivity contribution in [3.63, 3.8) is 0 Å². The summed E-state index contributed by atoms with van der Waals surface area (Å²) in [7, 11) is 0. The molecule has 0 saturated carbocycles. The third kappa shape index (κ3) is 3.82. The van der Waals surface area contributed by atoms with Gasteiger partial charge in [0.05, 0.1) is 5.69 Å². The van der Waals surface area contributed by atoms with Crippen molar-refractivity contribution < 1.29 is 14.7 Å². The zero-order chi connectivity index (χ0) is 15.2. The first-order chi connectivity index (χ1) is 10.1. The van der Waals surface area contributed by atoms with Crippen LogP contribution >= 0.6 is 0 Å². The van der Waals surface area contributed by atoms with Gasteiger partial charge < -0.3 is 15.7 Å². The molecule has 0 bridgehead atoms. The lowest BCUT2D eigenvalue weighted by molar-refractivity contribution is -0.138. The number of benzene rings is 2. The van der Waals surface area contributed by atoms with Crippen LogP contribution in [-0.2, 0) is 4.79 Å². The summed E-state index contributed by atoms with van der Waals surface area (Å²) < 4.78 is 0. The Morgan fingerprint density at radius 1 is 1.00 bits per heavy atom. The molecule has 2 amide bonds. The first-order valence-corrected chi connectivity index (χ1v) is 6.52. The summed E-state index contributed by atoms with van der Waals surface area (Å²) in [5.41, 5.74) is 2.47. The molecule has 0 aliphatic carbocycles. The van der Waals surface area contributed by atoms with Gasteiger partial charge in [0.15, 0.2) is 0 Å². The number of carbonyl (C=O) groups excluding carboxylic acids is 1. The van der Waals surface area contributed by atoms with Crippen LogP contribution in [0.1, 0.15) is 6.92 Å². The topological polar surface area (TPSA) is 78.4 Å². The van der Waals surface area contributed by atoms with E-state index >= 15 is 0 Å². The number of carboxylic acids is 1. The van der Waals surface area contributed by atoms with Gasteiger partial charge in [-0.05, 0) is 18.6 Å². The number of urea groups is 1. The molecule has 5 heteroatoms. The first-order valence-electron chi connectivity index (χ1n) is 6.52. The van der Waals surface area contributed by atoms with Gasteiger partial charge in [0, 0.05) is 5.56 Å². The minimum atomic E-state index is -1.08. The number of carbonyl (C=O) groups is 2. The van der Waals surface area contributed by atoms with Crippen LogP contribution < -0.4 is 10.6 Å². The second-order valence-electron chi connectivity index (χ2n) is 4.57. The summed E-state index contributed by atoms with van der Waals surface area (Å²) in [4.78, 5) is 22.6. The number of aliphatic carboxylic acids is 1. The quantitative estimate of drug-likeness (QED) is 0.807. The molecule has 0 unspecified atom stereocenters. The highest BCUT2D eigenvalue weighted by molar-refractivity contribution is 5.96. The Morgan fingerprint density at radius 3 is 2.29 bits per heavy atom. The number of amides is 2. The van der Waals surface area contributed by atoms with Crippen molar-refractivity contribution >= 4 is 17.7 Å². The Bertz CT molecular complexity index is 641. The van der Waals surface area contributed by atoms with Crippen molar-refractivity contribution in [1.29, 1.82) is 0 Å². The molecule has 2 rings (SSSR count). The highest BCUT2D eigenvalue weighted by Gasteiger charge is 2.14. The lowest BCUT2D eigenvalue weighted by Crippen LogP contribution is -2.40. The van der Waals surface area contributed by atoms with E-state index in [0.717, 1.165) is 11.1 Å². The monoisotopic (exact) mass is 284 g/mol. The largest absolute Gasteiger partial charge is 0.480 e. The van der Waals surface area contributed by atoms with Crippen LogP contribution in [0.5, 0.6) is 0 Å². The van der Waals surface area contributed by atoms with Crippen molar-refractivity contribution in [2.24, 2.45) is 0 Å². The molecule has 2 aromatic rings. The molecule has 108 valence electrons. The molecule has 3 N–H and O–H groups in total. The Hall–Kier alpha value is -2.82. The van der Waals surface area contributed by atoms with E-state index in [9.17, 15) is 9.59 Å². The molecule has 21 heavy (non-hydrogen) atoms. The van der Waals surface area contributed by atoms with E-state index in [4.69, 9.17) is 5.11 Å². The summed E-state index contributed by atoms with van der Waals surface area (Å²) >= 11 is 0. The number of carboxylic acid groups (broad SMARTS) is 1. The van der Waals surface area contributed by atoms with Gasteiger partial charge in [-0.25, -0.2) is 4.79 Å². The van der Waals surface area contributed by atoms with Gasteiger partial charge >= 0.3 is 12.0 Å². The van der Waals surface area contributed by atoms with E-state index in [2.05, 4.69) is 10.6 Å². The summed E-state index contributed by atoms with van der Waals surface area (Å²) in [6, 6.07) is 15.5. The molecule has 1 atom stereocenters. The van der Waals surface area contributed by atoms with E-state index < -0.39 is 18.0 Å². The van der Waals surface area contributed by atoms with Crippen LogP contribution in [-0.4, -0.2) is 23.1 Å². The van der Waals surface area contributed by atoms with Crippen LogP contribution in [0, 0.1) is 0 Å². The van der Waals surface area contributed by atoms with Crippen LogP contribution in [0.4, 0.5) is 10.5 Å². The molecule has 0 fully saturated rings. The van der Waals surface area contributed by atoms with E-state index in [1.807, 2.05) is 48.5 Å². The van der Waals surface area contributed by atoms with Crippen LogP contribution in [0.25, 0.3) is 11.1 Å². The van der Waals surface area contributed by atoms with Crippen molar-refractivity contribution in [2.75, 3.05) is 5.32 Å². The average molecular weight is 284 g/mol. The van der Waals surface area contributed by atoms with Gasteiger partial charge in [0.25, 0.3) is 0 Å². The summed E-state index contributed by atoms with van der Waals surface area (Å²) in [6.45, 7) is 1.41. The minimum Gasteiger partial charge on any atom is -0.480 e. The Kier molecular flexibility index (Phi) is 4.56. The van der Waals surface area contributed by atoms with Crippen molar-refractivity contribution in [3.05, 3.63) is 54.6 Å². The maximum Gasteiger partial charge on any atom is 0.325 e. The van der Waals surface area contributed by atoms with E-state index in [0.29, 0.717) is 5.69 Å². The highest BCUT2D eigenvalue weighted by Crippen LogP contribution is 2.27. The lowest BCUT2D eigenvalue weighted by Gasteiger charge is -2.14. The normalized spacial score (nSPS) is 11.5. The third-order valence-electron chi connectivity index (χ3n) is 2.98. The Balaban J connectivity index is 2.18. The number of hydrogen-bond donors (Lipinski definition) is 3. The fraction of sp³-hybridized carbons (Fsp3) is 0.125. The molecule has 0 aromatic heterocycles. The zero-order valence-corrected chi connectivity index (χ0v) is 11.5. The van der Waals surface area contributed by atoms with Gasteiger partial charge in [0.2, 0.25) is 0 Å². The summed E-state index contributed by atoms with van der Waals surface area (Å²) in [5, 5.41) is 13.8. The van der Waals surface area contributed by atoms with E-state index in [1.54, 1.807) is 6.07 Å². The second kappa shape index (κ2) is 6.56. The molecule has 0 saturated heterocycles. The predicted octanol–water partition coefficient (Wildman–Crippen LogP) is 2.95. The maximum absolute atomic E-state index is 11.8. The van der Waals surface area contributed by atoms with Gasteiger partial charge in [-0.15, -0.1) is 0 Å². The van der Waals surface area contributed by atoms with Gasteiger partial charge in [0.1, 0.15) is 6.04 Å². The van der Waals surface area contributed by atoms with Gasteiger partial charge in [-0.1, -0.05) is 48.5 Å². The molecule has 5 nitrogen and oxygen atoms in total. The number of nitrogens with one attached hydrogen (secondary N) is 2. The standard InChI is InChI=1S/C16H16N2O3/c1-11(15(19)20)17-16(21)18-14-10-6-5-9-13(14)12-7-3-2-4-8-12/h2-11H,1H3,(H,19,20)(H2,17,18,21)/t11-/m0/s1. The number of hydrogen-bond acceptors (Lipinski definition) is 2. The fourth-order valence-corrected chi connectivity index (χ4v) is 1.88. The third-order valence-corrected chi connectivity index (χ3v) is 2.98.